The van der Waals surface area contributed by atoms with Gasteiger partial charge in [0.25, 0.3) is 0 Å². The van der Waals surface area contributed by atoms with Gasteiger partial charge in [0.15, 0.2) is 0 Å². The van der Waals surface area contributed by atoms with Gasteiger partial charge in [0.05, 0.1) is 13.5 Å². The van der Waals surface area contributed by atoms with Crippen molar-refractivity contribution in [1.82, 2.24) is 0 Å². The van der Waals surface area contributed by atoms with E-state index in [0.29, 0.717) is 12.2 Å². The van der Waals surface area contributed by atoms with Crippen LogP contribution >= 0.6 is 7.60 Å². The van der Waals surface area contributed by atoms with Gasteiger partial charge in [-0.25, -0.2) is 0 Å². The van der Waals surface area contributed by atoms with Gasteiger partial charge in [0, 0.05) is 20.6 Å². The molecule has 0 radical (unpaired) electrons. The molecule has 114 valence electrons. The summed E-state index contributed by atoms with van der Waals surface area (Å²) in [7, 11) is 0.824. The second-order valence-corrected chi connectivity index (χ2v) is 7.76. The highest BCUT2D eigenvalue weighted by molar-refractivity contribution is 7.55. The van der Waals surface area contributed by atoms with Crippen LogP contribution in [0.4, 0.5) is 0 Å². The van der Waals surface area contributed by atoms with Gasteiger partial charge < -0.3 is 18.5 Å². The highest BCUT2D eigenvalue weighted by Crippen LogP contribution is 2.84. The molecule has 1 heterocycles. The molecule has 21 heavy (non-hydrogen) atoms. The predicted octanol–water partition coefficient (Wildman–Crippen LogP) is 2.47. The van der Waals surface area contributed by atoms with Crippen LogP contribution in [0.1, 0.15) is 18.4 Å². The number of rotatable bonds is 5. The number of carbonyl (C=O) groups excluding carboxylic acids is 1. The fraction of sp³-hybridized carbons (Fsp3) is 0.500. The standard InChI is InChI=1S/C14H17O6P/c1-17-11-6-4-10(5-7-11)14(21(16,18-2)19-3)9-13(14)8-12(15)20-13/h4-7H,8-9H2,1-3H3/t13-,14-/m0/s1. The van der Waals surface area contributed by atoms with Crippen molar-refractivity contribution < 1.29 is 27.9 Å². The normalized spacial score (nSPS) is 30.7. The molecule has 6 nitrogen and oxygen atoms in total. The van der Waals surface area contributed by atoms with Crippen LogP contribution in [0.2, 0.25) is 0 Å². The summed E-state index contributed by atoms with van der Waals surface area (Å²) in [6.07, 6.45) is 0.673. The van der Waals surface area contributed by atoms with E-state index in [9.17, 15) is 9.36 Å². The van der Waals surface area contributed by atoms with Gasteiger partial charge in [-0.1, -0.05) is 12.1 Å². The first-order valence-corrected chi connectivity index (χ1v) is 8.09. The molecule has 1 aromatic carbocycles. The third-order valence-electron chi connectivity index (χ3n) is 4.43. The molecule has 1 aliphatic carbocycles. The van der Waals surface area contributed by atoms with Crippen molar-refractivity contribution in [1.29, 1.82) is 0 Å². The van der Waals surface area contributed by atoms with Crippen molar-refractivity contribution in [2.75, 3.05) is 21.3 Å². The average molecular weight is 312 g/mol. The lowest BCUT2D eigenvalue weighted by Gasteiger charge is -2.35. The lowest BCUT2D eigenvalue weighted by molar-refractivity contribution is -0.175. The molecular weight excluding hydrogens is 295 g/mol. The molecule has 0 unspecified atom stereocenters. The minimum Gasteiger partial charge on any atom is -0.497 e. The maximum atomic E-state index is 13.0. The van der Waals surface area contributed by atoms with E-state index in [-0.39, 0.29) is 12.4 Å². The molecule has 1 saturated heterocycles. The number of benzene rings is 1. The summed E-state index contributed by atoms with van der Waals surface area (Å²) in [5, 5.41) is -0.927. The summed E-state index contributed by atoms with van der Waals surface area (Å²) in [6, 6.07) is 7.17. The van der Waals surface area contributed by atoms with Crippen molar-refractivity contribution in [2.24, 2.45) is 0 Å². The monoisotopic (exact) mass is 312 g/mol. The van der Waals surface area contributed by atoms with E-state index in [1.54, 1.807) is 19.2 Å². The van der Waals surface area contributed by atoms with E-state index in [1.807, 2.05) is 12.1 Å². The molecule has 3 rings (SSSR count). The summed E-state index contributed by atoms with van der Waals surface area (Å²) in [5.74, 6) is 0.406. The van der Waals surface area contributed by atoms with Crippen LogP contribution in [0.3, 0.4) is 0 Å². The maximum absolute atomic E-state index is 13.0. The van der Waals surface area contributed by atoms with Gasteiger partial charge in [-0.05, 0) is 17.7 Å². The van der Waals surface area contributed by atoms with Crippen LogP contribution in [0.15, 0.2) is 24.3 Å². The van der Waals surface area contributed by atoms with Crippen molar-refractivity contribution >= 4 is 13.6 Å². The minimum absolute atomic E-state index is 0.232. The van der Waals surface area contributed by atoms with Crippen LogP contribution in [0.5, 0.6) is 5.75 Å². The molecule has 2 atom stereocenters. The molecule has 1 saturated carbocycles. The second kappa shape index (κ2) is 4.57. The van der Waals surface area contributed by atoms with Crippen LogP contribution in [-0.2, 0) is 28.3 Å². The zero-order chi connectivity index (χ0) is 15.3. The van der Waals surface area contributed by atoms with Gasteiger partial charge in [0.2, 0.25) is 0 Å². The Balaban J connectivity index is 2.06. The molecule has 2 fully saturated rings. The topological polar surface area (TPSA) is 71.1 Å². The van der Waals surface area contributed by atoms with Gasteiger partial charge in [-0.3, -0.25) is 9.36 Å². The van der Waals surface area contributed by atoms with Gasteiger partial charge in [-0.2, -0.15) is 0 Å². The minimum atomic E-state index is -3.45. The van der Waals surface area contributed by atoms with Gasteiger partial charge >= 0.3 is 13.6 Å². The Labute approximate surface area is 122 Å². The Morgan fingerprint density at radius 1 is 1.14 bits per heavy atom. The summed E-state index contributed by atoms with van der Waals surface area (Å²) in [6.45, 7) is 0. The quantitative estimate of drug-likeness (QED) is 0.614. The molecule has 0 aromatic heterocycles. The molecule has 2 aliphatic rings. The highest BCUT2D eigenvalue weighted by Gasteiger charge is 2.85. The van der Waals surface area contributed by atoms with E-state index in [2.05, 4.69) is 0 Å². The Morgan fingerprint density at radius 2 is 1.71 bits per heavy atom. The summed E-state index contributed by atoms with van der Waals surface area (Å²) in [5.41, 5.74) is 0.00284. The molecule has 0 amide bonds. The smallest absolute Gasteiger partial charge is 0.344 e. The number of ether oxygens (including phenoxy) is 2. The van der Waals surface area contributed by atoms with Gasteiger partial charge in [0.1, 0.15) is 16.5 Å². The Hall–Kier alpha value is -1.36. The number of hydrogen-bond acceptors (Lipinski definition) is 6. The zero-order valence-corrected chi connectivity index (χ0v) is 13.0. The van der Waals surface area contributed by atoms with Crippen LogP contribution in [-0.4, -0.2) is 32.9 Å². The molecule has 0 bridgehead atoms. The molecule has 1 aromatic rings. The third kappa shape index (κ3) is 1.73. The second-order valence-electron chi connectivity index (χ2n) is 5.27. The summed E-state index contributed by atoms with van der Waals surface area (Å²) < 4.78 is 33.9. The first-order chi connectivity index (χ1) is 9.97. The first kappa shape index (κ1) is 14.6. The van der Waals surface area contributed by atoms with E-state index in [0.717, 1.165) is 5.56 Å². The van der Waals surface area contributed by atoms with E-state index in [1.165, 1.54) is 14.2 Å². The molecule has 0 N–H and O–H groups in total. The number of hydrogen-bond donors (Lipinski definition) is 0. The van der Waals surface area contributed by atoms with E-state index < -0.39 is 18.4 Å². The Bertz CT molecular complexity index is 609. The van der Waals surface area contributed by atoms with Crippen molar-refractivity contribution in [2.45, 2.75) is 23.6 Å². The molecule has 1 aliphatic heterocycles. The average Bonchev–Trinajstić information content (AvgIpc) is 3.18. The summed E-state index contributed by atoms with van der Waals surface area (Å²) in [4.78, 5) is 11.3. The zero-order valence-electron chi connectivity index (χ0n) is 12.1. The fourth-order valence-corrected chi connectivity index (χ4v) is 5.57. The molecule has 1 spiro atoms. The van der Waals surface area contributed by atoms with E-state index >= 15 is 0 Å². The lowest BCUT2D eigenvalue weighted by Crippen LogP contribution is -2.42. The first-order valence-electron chi connectivity index (χ1n) is 6.55. The Morgan fingerprint density at radius 3 is 2.14 bits per heavy atom. The molecular formula is C14H17O6P. The number of methoxy groups -OCH3 is 1. The maximum Gasteiger partial charge on any atom is 0.344 e. The van der Waals surface area contributed by atoms with Crippen LogP contribution in [0, 0.1) is 0 Å². The summed E-state index contributed by atoms with van der Waals surface area (Å²) >= 11 is 0. The third-order valence-corrected chi connectivity index (χ3v) is 7.15. The number of esters is 1. The predicted molar refractivity (Wildman–Crippen MR) is 74.4 cm³/mol. The van der Waals surface area contributed by atoms with Gasteiger partial charge in [-0.15, -0.1) is 0 Å². The SMILES string of the molecule is COc1ccc([C@@]2(P(=O)(OC)OC)C[C@@]23CC(=O)O3)cc1. The van der Waals surface area contributed by atoms with Crippen LogP contribution < -0.4 is 4.74 Å². The van der Waals surface area contributed by atoms with E-state index in [4.69, 9.17) is 18.5 Å². The van der Waals surface area contributed by atoms with Crippen LogP contribution in [0.25, 0.3) is 0 Å². The Kier molecular flexibility index (Phi) is 3.17. The molecule has 7 heteroatoms. The number of carbonyl (C=O) groups is 1. The van der Waals surface area contributed by atoms with Crippen molar-refractivity contribution in [3.63, 3.8) is 0 Å². The highest BCUT2D eigenvalue weighted by atomic mass is 31.2. The van der Waals surface area contributed by atoms with Crippen molar-refractivity contribution in [3.05, 3.63) is 29.8 Å². The largest absolute Gasteiger partial charge is 0.497 e. The fourth-order valence-electron chi connectivity index (χ4n) is 3.26. The van der Waals surface area contributed by atoms with Crippen molar-refractivity contribution in [3.8, 4) is 5.75 Å². The lowest BCUT2D eigenvalue weighted by atomic mass is 10.0.